The highest BCUT2D eigenvalue weighted by atomic mass is 35.5. The highest BCUT2D eigenvalue weighted by Crippen LogP contribution is 2.26. The van der Waals surface area contributed by atoms with Gasteiger partial charge in [0.1, 0.15) is 0 Å². The monoisotopic (exact) mass is 298 g/mol. The molecule has 1 atom stereocenters. The predicted molar refractivity (Wildman–Crippen MR) is 93.9 cm³/mol. The molecule has 0 saturated heterocycles. The number of hydrogen-bond acceptors (Lipinski definition) is 0. The fourth-order valence-electron chi connectivity index (χ4n) is 2.78. The third-order valence-electron chi connectivity index (χ3n) is 4.02. The van der Waals surface area contributed by atoms with E-state index in [-0.39, 0.29) is 0 Å². The Bertz CT molecular complexity index is 586. The lowest BCUT2D eigenvalue weighted by atomic mass is 9.91. The normalized spacial score (nSPS) is 12.1. The highest BCUT2D eigenvalue weighted by molar-refractivity contribution is 6.17. The van der Waals surface area contributed by atoms with Crippen LogP contribution in [0.2, 0.25) is 0 Å². The largest absolute Gasteiger partial charge is 0.122 e. The first-order valence-electron chi connectivity index (χ1n) is 7.59. The van der Waals surface area contributed by atoms with E-state index in [2.05, 4.69) is 62.0 Å². The number of benzene rings is 2. The Morgan fingerprint density at radius 3 is 2.71 bits per heavy atom. The van der Waals surface area contributed by atoms with Gasteiger partial charge in [-0.3, -0.25) is 0 Å². The average molecular weight is 299 g/mol. The van der Waals surface area contributed by atoms with E-state index in [1.54, 1.807) is 0 Å². The van der Waals surface area contributed by atoms with Crippen LogP contribution in [0.4, 0.5) is 0 Å². The van der Waals surface area contributed by atoms with Gasteiger partial charge in [-0.05, 0) is 47.4 Å². The van der Waals surface area contributed by atoms with Crippen LogP contribution in [-0.4, -0.2) is 0 Å². The molecule has 0 amide bonds. The molecular formula is C20H23Cl. The molecule has 21 heavy (non-hydrogen) atoms. The van der Waals surface area contributed by atoms with Gasteiger partial charge in [-0.2, -0.15) is 0 Å². The minimum Gasteiger partial charge on any atom is -0.122 e. The minimum atomic E-state index is 0.558. The second kappa shape index (κ2) is 8.05. The second-order valence-corrected chi connectivity index (χ2v) is 5.84. The maximum Gasteiger partial charge on any atom is 0.0476 e. The predicted octanol–water partition coefficient (Wildman–Crippen LogP) is 6.19. The number of rotatable bonds is 7. The van der Waals surface area contributed by atoms with Crippen molar-refractivity contribution in [2.75, 3.05) is 0 Å². The van der Waals surface area contributed by atoms with Crippen LogP contribution in [0.25, 0.3) is 6.08 Å². The van der Waals surface area contributed by atoms with Crippen molar-refractivity contribution in [3.8, 4) is 0 Å². The molecule has 1 heteroatoms. The summed E-state index contributed by atoms with van der Waals surface area (Å²) < 4.78 is 0. The lowest BCUT2D eigenvalue weighted by Gasteiger charge is -2.15. The van der Waals surface area contributed by atoms with Crippen LogP contribution >= 0.6 is 11.6 Å². The summed E-state index contributed by atoms with van der Waals surface area (Å²) in [5.41, 5.74) is 5.26. The van der Waals surface area contributed by atoms with Crippen LogP contribution in [0.15, 0.2) is 55.1 Å². The highest BCUT2D eigenvalue weighted by Gasteiger charge is 2.09. The smallest absolute Gasteiger partial charge is 0.0476 e. The minimum absolute atomic E-state index is 0.558. The Morgan fingerprint density at radius 2 is 1.95 bits per heavy atom. The molecule has 0 aromatic heterocycles. The molecule has 0 spiro atoms. The molecule has 0 aliphatic carbocycles. The zero-order valence-electron chi connectivity index (χ0n) is 12.7. The molecule has 0 aliphatic heterocycles. The molecule has 0 heterocycles. The van der Waals surface area contributed by atoms with Gasteiger partial charge >= 0.3 is 0 Å². The molecule has 1 unspecified atom stereocenters. The fourth-order valence-corrected chi connectivity index (χ4v) is 3.02. The maximum atomic E-state index is 6.03. The number of aryl methyl sites for hydroxylation is 1. The van der Waals surface area contributed by atoms with E-state index in [1.165, 1.54) is 35.1 Å². The summed E-state index contributed by atoms with van der Waals surface area (Å²) in [5, 5.41) is 0. The third-order valence-corrected chi connectivity index (χ3v) is 4.31. The van der Waals surface area contributed by atoms with E-state index in [0.29, 0.717) is 11.8 Å². The summed E-state index contributed by atoms with van der Waals surface area (Å²) in [5.74, 6) is 1.16. The standard InChI is InChI=1S/C20H23Cl/c1-3-17-9-7-11-18(14-17)10-6-8-16(2)20-13-5-4-12-19(20)15-21/h3-5,7,9,11-14,16H,1,6,8,10,15H2,2H3. The zero-order valence-corrected chi connectivity index (χ0v) is 13.4. The first-order chi connectivity index (χ1) is 10.2. The second-order valence-electron chi connectivity index (χ2n) is 5.57. The zero-order chi connectivity index (χ0) is 15.1. The summed E-state index contributed by atoms with van der Waals surface area (Å²) in [4.78, 5) is 0. The van der Waals surface area contributed by atoms with Crippen LogP contribution in [0.5, 0.6) is 0 Å². The van der Waals surface area contributed by atoms with Gasteiger partial charge in [0.2, 0.25) is 0 Å². The summed E-state index contributed by atoms with van der Waals surface area (Å²) in [6, 6.07) is 17.1. The molecule has 0 N–H and O–H groups in total. The molecule has 0 radical (unpaired) electrons. The van der Waals surface area contributed by atoms with Gasteiger partial charge in [-0.1, -0.05) is 68.1 Å². The SMILES string of the molecule is C=Cc1cccc(CCCC(C)c2ccccc2CCl)c1. The van der Waals surface area contributed by atoms with Crippen molar-refractivity contribution in [3.05, 3.63) is 77.4 Å². The van der Waals surface area contributed by atoms with Crippen LogP contribution in [-0.2, 0) is 12.3 Å². The van der Waals surface area contributed by atoms with Crippen molar-refractivity contribution in [1.29, 1.82) is 0 Å². The Labute approximate surface area is 133 Å². The molecule has 2 aromatic carbocycles. The van der Waals surface area contributed by atoms with Crippen LogP contribution in [0.3, 0.4) is 0 Å². The topological polar surface area (TPSA) is 0 Å². The van der Waals surface area contributed by atoms with Crippen molar-refractivity contribution in [2.24, 2.45) is 0 Å². The van der Waals surface area contributed by atoms with Gasteiger partial charge in [-0.25, -0.2) is 0 Å². The molecule has 0 saturated carbocycles. The van der Waals surface area contributed by atoms with Crippen molar-refractivity contribution in [1.82, 2.24) is 0 Å². The van der Waals surface area contributed by atoms with E-state index in [4.69, 9.17) is 11.6 Å². The number of hydrogen-bond donors (Lipinski definition) is 0. The molecule has 0 nitrogen and oxygen atoms in total. The molecule has 2 rings (SSSR count). The molecule has 0 aliphatic rings. The Morgan fingerprint density at radius 1 is 1.14 bits per heavy atom. The van der Waals surface area contributed by atoms with Gasteiger partial charge in [0.05, 0.1) is 0 Å². The first-order valence-corrected chi connectivity index (χ1v) is 8.13. The van der Waals surface area contributed by atoms with Crippen molar-refractivity contribution in [3.63, 3.8) is 0 Å². The van der Waals surface area contributed by atoms with Gasteiger partial charge < -0.3 is 0 Å². The van der Waals surface area contributed by atoms with Gasteiger partial charge in [-0.15, -0.1) is 11.6 Å². The lowest BCUT2D eigenvalue weighted by molar-refractivity contribution is 0.630. The van der Waals surface area contributed by atoms with Gasteiger partial charge in [0, 0.05) is 5.88 Å². The number of alkyl halides is 1. The van der Waals surface area contributed by atoms with Crippen LogP contribution < -0.4 is 0 Å². The average Bonchev–Trinajstić information content (AvgIpc) is 2.55. The Hall–Kier alpha value is -1.53. The molecule has 2 aromatic rings. The van der Waals surface area contributed by atoms with E-state index >= 15 is 0 Å². The Kier molecular flexibility index (Phi) is 6.07. The van der Waals surface area contributed by atoms with Gasteiger partial charge in [0.25, 0.3) is 0 Å². The molecule has 0 fully saturated rings. The summed E-state index contributed by atoms with van der Waals surface area (Å²) in [6.45, 7) is 6.12. The van der Waals surface area contributed by atoms with Crippen molar-refractivity contribution < 1.29 is 0 Å². The summed E-state index contributed by atoms with van der Waals surface area (Å²) in [6.07, 6.45) is 5.41. The maximum absolute atomic E-state index is 6.03. The van der Waals surface area contributed by atoms with E-state index in [1.807, 2.05) is 6.08 Å². The molecule has 0 bridgehead atoms. The van der Waals surface area contributed by atoms with E-state index in [9.17, 15) is 0 Å². The lowest BCUT2D eigenvalue weighted by Crippen LogP contribution is -1.99. The third kappa shape index (κ3) is 4.47. The summed E-state index contributed by atoms with van der Waals surface area (Å²) >= 11 is 6.03. The molecular weight excluding hydrogens is 276 g/mol. The number of halogens is 1. The fraction of sp³-hybridized carbons (Fsp3) is 0.300. The van der Waals surface area contributed by atoms with E-state index < -0.39 is 0 Å². The van der Waals surface area contributed by atoms with Gasteiger partial charge in [0.15, 0.2) is 0 Å². The van der Waals surface area contributed by atoms with Crippen LogP contribution in [0, 0.1) is 0 Å². The van der Waals surface area contributed by atoms with Crippen LogP contribution in [0.1, 0.15) is 47.9 Å². The summed E-state index contributed by atoms with van der Waals surface area (Å²) in [7, 11) is 0. The quantitative estimate of drug-likeness (QED) is 0.534. The van der Waals surface area contributed by atoms with E-state index in [0.717, 1.165) is 6.42 Å². The Balaban J connectivity index is 1.92. The first kappa shape index (κ1) is 15.9. The molecule has 110 valence electrons. The van der Waals surface area contributed by atoms with Crippen molar-refractivity contribution in [2.45, 2.75) is 38.0 Å². The van der Waals surface area contributed by atoms with Crippen molar-refractivity contribution >= 4 is 17.7 Å².